The molecule has 90 valence electrons. The lowest BCUT2D eigenvalue weighted by Gasteiger charge is -2.15. The summed E-state index contributed by atoms with van der Waals surface area (Å²) in [6.07, 6.45) is 0.359. The van der Waals surface area contributed by atoms with Gasteiger partial charge < -0.3 is 9.30 Å². The van der Waals surface area contributed by atoms with Crippen LogP contribution in [0.2, 0.25) is 0 Å². The van der Waals surface area contributed by atoms with Crippen molar-refractivity contribution in [1.82, 2.24) is 9.55 Å². The number of carbonyl (C=O) groups is 1. The van der Waals surface area contributed by atoms with Gasteiger partial charge in [-0.15, -0.1) is 0 Å². The number of aryl methyl sites for hydroxylation is 1. The van der Waals surface area contributed by atoms with Gasteiger partial charge in [-0.2, -0.15) is 0 Å². The molecular formula is C13H16N2O2. The van der Waals surface area contributed by atoms with Crippen LogP contribution >= 0.6 is 0 Å². The molecule has 17 heavy (non-hydrogen) atoms. The van der Waals surface area contributed by atoms with Gasteiger partial charge in [0.1, 0.15) is 5.82 Å². The molecular weight excluding hydrogens is 216 g/mol. The number of hydrogen-bond donors (Lipinski definition) is 0. The summed E-state index contributed by atoms with van der Waals surface area (Å²) in [5, 5.41) is 0. The maximum atomic E-state index is 11.3. The number of esters is 1. The van der Waals surface area contributed by atoms with E-state index in [4.69, 9.17) is 4.74 Å². The number of nitrogens with zero attached hydrogens (tertiary/aromatic N) is 2. The largest absolute Gasteiger partial charge is 0.469 e. The van der Waals surface area contributed by atoms with Crippen LogP contribution in [-0.4, -0.2) is 22.6 Å². The number of rotatable bonds is 3. The molecule has 0 amide bonds. The van der Waals surface area contributed by atoms with Crippen molar-refractivity contribution in [2.45, 2.75) is 26.3 Å². The Morgan fingerprint density at radius 2 is 2.18 bits per heavy atom. The third-order valence-electron chi connectivity index (χ3n) is 2.90. The highest BCUT2D eigenvalue weighted by molar-refractivity contribution is 5.76. The predicted molar refractivity (Wildman–Crippen MR) is 65.8 cm³/mol. The van der Waals surface area contributed by atoms with Crippen LogP contribution in [0.25, 0.3) is 11.0 Å². The molecule has 2 aromatic rings. The first-order valence-electron chi connectivity index (χ1n) is 5.64. The van der Waals surface area contributed by atoms with Crippen molar-refractivity contribution in [3.8, 4) is 0 Å². The average molecular weight is 232 g/mol. The Balaban J connectivity index is 2.40. The summed E-state index contributed by atoms with van der Waals surface area (Å²) in [6, 6.07) is 7.98. The van der Waals surface area contributed by atoms with Crippen LogP contribution < -0.4 is 0 Å². The molecule has 2 rings (SSSR count). The Morgan fingerprint density at radius 1 is 1.47 bits per heavy atom. The van der Waals surface area contributed by atoms with Crippen LogP contribution in [0.3, 0.4) is 0 Å². The molecule has 0 saturated heterocycles. The second-order valence-electron chi connectivity index (χ2n) is 4.15. The van der Waals surface area contributed by atoms with Gasteiger partial charge in [-0.3, -0.25) is 4.79 Å². The zero-order chi connectivity index (χ0) is 12.4. The van der Waals surface area contributed by atoms with Gasteiger partial charge in [0.25, 0.3) is 0 Å². The second-order valence-corrected chi connectivity index (χ2v) is 4.15. The smallest absolute Gasteiger partial charge is 0.307 e. The molecule has 1 atom stereocenters. The third kappa shape index (κ3) is 2.16. The van der Waals surface area contributed by atoms with Gasteiger partial charge >= 0.3 is 5.97 Å². The third-order valence-corrected chi connectivity index (χ3v) is 2.90. The second kappa shape index (κ2) is 4.57. The van der Waals surface area contributed by atoms with Gasteiger partial charge in [0.15, 0.2) is 0 Å². The van der Waals surface area contributed by atoms with E-state index in [1.54, 1.807) is 0 Å². The molecule has 1 aromatic heterocycles. The van der Waals surface area contributed by atoms with Crippen LogP contribution in [0.15, 0.2) is 24.3 Å². The van der Waals surface area contributed by atoms with Gasteiger partial charge in [0.05, 0.1) is 24.6 Å². The Kier molecular flexibility index (Phi) is 3.13. The number of ether oxygens (including phenoxy) is 1. The highest BCUT2D eigenvalue weighted by atomic mass is 16.5. The SMILES string of the molecule is COC(=O)CC(C)n1c(C)nc2ccccc21. The van der Waals surface area contributed by atoms with Crippen LogP contribution in [0.1, 0.15) is 25.2 Å². The van der Waals surface area contributed by atoms with Gasteiger partial charge in [-0.25, -0.2) is 4.98 Å². The summed E-state index contributed by atoms with van der Waals surface area (Å²) in [6.45, 7) is 3.95. The molecule has 1 unspecified atom stereocenters. The van der Waals surface area contributed by atoms with Crippen molar-refractivity contribution in [3.63, 3.8) is 0 Å². The molecule has 0 aliphatic carbocycles. The minimum Gasteiger partial charge on any atom is -0.469 e. The van der Waals surface area contributed by atoms with Crippen molar-refractivity contribution in [2.24, 2.45) is 0 Å². The van der Waals surface area contributed by atoms with Crippen molar-refractivity contribution >= 4 is 17.0 Å². The van der Waals surface area contributed by atoms with Crippen molar-refractivity contribution in [2.75, 3.05) is 7.11 Å². The molecule has 0 spiro atoms. The molecule has 0 bridgehead atoms. The molecule has 1 heterocycles. The molecule has 0 radical (unpaired) electrons. The Hall–Kier alpha value is -1.84. The van der Waals surface area contributed by atoms with E-state index in [-0.39, 0.29) is 12.0 Å². The van der Waals surface area contributed by atoms with E-state index in [2.05, 4.69) is 9.55 Å². The number of methoxy groups -OCH3 is 1. The highest BCUT2D eigenvalue weighted by Gasteiger charge is 2.16. The van der Waals surface area contributed by atoms with Crippen LogP contribution in [0.4, 0.5) is 0 Å². The van der Waals surface area contributed by atoms with Crippen LogP contribution in [-0.2, 0) is 9.53 Å². The number of aromatic nitrogens is 2. The number of hydrogen-bond acceptors (Lipinski definition) is 3. The van der Waals surface area contributed by atoms with Crippen molar-refractivity contribution in [3.05, 3.63) is 30.1 Å². The van der Waals surface area contributed by atoms with E-state index in [1.165, 1.54) is 7.11 Å². The maximum Gasteiger partial charge on any atom is 0.307 e. The average Bonchev–Trinajstić information content (AvgIpc) is 2.64. The number of benzene rings is 1. The van der Waals surface area contributed by atoms with E-state index in [1.807, 2.05) is 38.1 Å². The lowest BCUT2D eigenvalue weighted by atomic mass is 10.2. The van der Waals surface area contributed by atoms with E-state index in [9.17, 15) is 4.79 Å². The predicted octanol–water partition coefficient (Wildman–Crippen LogP) is 2.47. The number of fused-ring (bicyclic) bond motifs is 1. The van der Waals surface area contributed by atoms with Crippen LogP contribution in [0, 0.1) is 6.92 Å². The fraction of sp³-hybridized carbons (Fsp3) is 0.385. The molecule has 0 aliphatic heterocycles. The van der Waals surface area contributed by atoms with E-state index < -0.39 is 0 Å². The topological polar surface area (TPSA) is 44.1 Å². The molecule has 0 saturated carbocycles. The van der Waals surface area contributed by atoms with E-state index >= 15 is 0 Å². The molecule has 0 aliphatic rings. The normalized spacial score (nSPS) is 12.6. The first-order chi connectivity index (χ1) is 8.13. The van der Waals surface area contributed by atoms with Crippen molar-refractivity contribution in [1.29, 1.82) is 0 Å². The minimum absolute atomic E-state index is 0.0508. The summed E-state index contributed by atoms with van der Waals surface area (Å²) in [5.41, 5.74) is 2.02. The molecule has 0 N–H and O–H groups in total. The number of carbonyl (C=O) groups excluding carboxylic acids is 1. The van der Waals surface area contributed by atoms with Crippen LogP contribution in [0.5, 0.6) is 0 Å². The van der Waals surface area contributed by atoms with E-state index in [0.717, 1.165) is 16.9 Å². The fourth-order valence-electron chi connectivity index (χ4n) is 2.14. The van der Waals surface area contributed by atoms with Gasteiger partial charge in [-0.05, 0) is 26.0 Å². The summed E-state index contributed by atoms with van der Waals surface area (Å²) in [5.74, 6) is 0.720. The maximum absolute atomic E-state index is 11.3. The highest BCUT2D eigenvalue weighted by Crippen LogP contribution is 2.22. The van der Waals surface area contributed by atoms with Gasteiger partial charge in [0, 0.05) is 6.04 Å². The minimum atomic E-state index is -0.199. The summed E-state index contributed by atoms with van der Waals surface area (Å²) in [7, 11) is 1.41. The Labute approximate surface area is 100 Å². The fourth-order valence-corrected chi connectivity index (χ4v) is 2.14. The van der Waals surface area contributed by atoms with E-state index in [0.29, 0.717) is 6.42 Å². The first-order valence-corrected chi connectivity index (χ1v) is 5.64. The summed E-state index contributed by atoms with van der Waals surface area (Å²) in [4.78, 5) is 15.8. The zero-order valence-corrected chi connectivity index (χ0v) is 10.3. The van der Waals surface area contributed by atoms with Gasteiger partial charge in [-0.1, -0.05) is 12.1 Å². The quantitative estimate of drug-likeness (QED) is 0.763. The monoisotopic (exact) mass is 232 g/mol. The molecule has 1 aromatic carbocycles. The van der Waals surface area contributed by atoms with Gasteiger partial charge in [0.2, 0.25) is 0 Å². The lowest BCUT2D eigenvalue weighted by Crippen LogP contribution is -2.13. The summed E-state index contributed by atoms with van der Waals surface area (Å²) < 4.78 is 6.77. The Morgan fingerprint density at radius 3 is 2.88 bits per heavy atom. The standard InChI is InChI=1S/C13H16N2O2/c1-9(8-13(16)17-3)15-10(2)14-11-6-4-5-7-12(11)15/h4-7,9H,8H2,1-3H3. The molecule has 4 heteroatoms. The summed E-state index contributed by atoms with van der Waals surface area (Å²) >= 11 is 0. The zero-order valence-electron chi connectivity index (χ0n) is 10.3. The number of para-hydroxylation sites is 2. The van der Waals surface area contributed by atoms with Crippen molar-refractivity contribution < 1.29 is 9.53 Å². The lowest BCUT2D eigenvalue weighted by molar-refractivity contribution is -0.141. The number of imidazole rings is 1. The molecule has 4 nitrogen and oxygen atoms in total. The first kappa shape index (κ1) is 11.6. The molecule has 0 fully saturated rings. The Bertz CT molecular complexity index is 545.